The van der Waals surface area contributed by atoms with Crippen LogP contribution in [0, 0.1) is 0 Å². The Morgan fingerprint density at radius 2 is 1.71 bits per heavy atom. The van der Waals surface area contributed by atoms with Gasteiger partial charge in [0.1, 0.15) is 12.4 Å². The molecule has 0 fully saturated rings. The number of esters is 1. The standard InChI is InChI=1S/C28H22BrNO4/c1-16-23(28(32)33-2)24(25-26(30-16)19-10-6-7-11-20(19)27(25)31)18-12-13-22(21(29)14-18)34-15-17-8-4-3-5-9-17/h3-14,24,30H,15H2,1-2H3/t24-/m1/s1. The second-order valence-corrected chi connectivity index (χ2v) is 9.07. The van der Waals surface area contributed by atoms with E-state index in [0.717, 1.165) is 26.9 Å². The zero-order valence-electron chi connectivity index (χ0n) is 18.7. The van der Waals surface area contributed by atoms with Crippen LogP contribution in [0.25, 0.3) is 5.70 Å². The summed E-state index contributed by atoms with van der Waals surface area (Å²) in [6.45, 7) is 2.27. The smallest absolute Gasteiger partial charge is 0.336 e. The second-order valence-electron chi connectivity index (χ2n) is 8.22. The maximum Gasteiger partial charge on any atom is 0.336 e. The molecule has 0 radical (unpaired) electrons. The van der Waals surface area contributed by atoms with Gasteiger partial charge < -0.3 is 14.8 Å². The number of carbonyl (C=O) groups is 2. The van der Waals surface area contributed by atoms with Crippen LogP contribution in [0.3, 0.4) is 0 Å². The van der Waals surface area contributed by atoms with Gasteiger partial charge in [-0.2, -0.15) is 0 Å². The Morgan fingerprint density at radius 1 is 1.00 bits per heavy atom. The minimum absolute atomic E-state index is 0.0856. The van der Waals surface area contributed by atoms with Gasteiger partial charge in [-0.25, -0.2) is 4.79 Å². The van der Waals surface area contributed by atoms with Crippen LogP contribution >= 0.6 is 15.9 Å². The molecule has 0 spiro atoms. The third-order valence-corrected chi connectivity index (χ3v) is 6.80. The lowest BCUT2D eigenvalue weighted by atomic mass is 9.80. The van der Waals surface area contributed by atoms with E-state index < -0.39 is 11.9 Å². The van der Waals surface area contributed by atoms with Crippen molar-refractivity contribution in [3.8, 4) is 5.75 Å². The van der Waals surface area contributed by atoms with E-state index in [4.69, 9.17) is 9.47 Å². The number of carbonyl (C=O) groups excluding carboxylic acids is 2. The van der Waals surface area contributed by atoms with E-state index in [-0.39, 0.29) is 5.78 Å². The zero-order chi connectivity index (χ0) is 23.8. The van der Waals surface area contributed by atoms with E-state index in [1.165, 1.54) is 7.11 Å². The highest BCUT2D eigenvalue weighted by molar-refractivity contribution is 9.10. The van der Waals surface area contributed by atoms with Crippen LogP contribution in [-0.2, 0) is 16.1 Å². The monoisotopic (exact) mass is 515 g/mol. The Kier molecular flexibility index (Phi) is 5.84. The van der Waals surface area contributed by atoms with Gasteiger partial charge in [-0.1, -0.05) is 60.7 Å². The fourth-order valence-electron chi connectivity index (χ4n) is 4.59. The molecule has 34 heavy (non-hydrogen) atoms. The predicted octanol–water partition coefficient (Wildman–Crippen LogP) is 5.77. The molecule has 2 aliphatic rings. The first-order valence-corrected chi connectivity index (χ1v) is 11.7. The third kappa shape index (κ3) is 3.74. The molecule has 1 atom stereocenters. The number of ketones is 1. The van der Waals surface area contributed by atoms with Crippen molar-refractivity contribution < 1.29 is 19.1 Å². The SMILES string of the molecule is COC(=O)C1=C(C)NC2=C(C(=O)c3ccccc32)[C@@H]1c1ccc(OCc2ccccc2)c(Br)c1. The van der Waals surface area contributed by atoms with Crippen molar-refractivity contribution in [3.05, 3.63) is 116 Å². The van der Waals surface area contributed by atoms with Crippen LogP contribution in [0.4, 0.5) is 0 Å². The summed E-state index contributed by atoms with van der Waals surface area (Å²) in [5.74, 6) is -0.441. The molecule has 3 aromatic carbocycles. The summed E-state index contributed by atoms with van der Waals surface area (Å²) in [7, 11) is 1.35. The molecule has 0 aromatic heterocycles. The van der Waals surface area contributed by atoms with Crippen LogP contribution in [0.2, 0.25) is 0 Å². The highest BCUT2D eigenvalue weighted by atomic mass is 79.9. The van der Waals surface area contributed by atoms with Gasteiger partial charge in [0.05, 0.1) is 22.9 Å². The van der Waals surface area contributed by atoms with E-state index in [1.807, 2.05) is 79.7 Å². The molecule has 0 unspecified atom stereocenters. The molecule has 0 bridgehead atoms. The number of dihydropyridines is 1. The van der Waals surface area contributed by atoms with E-state index in [2.05, 4.69) is 21.2 Å². The molecule has 5 rings (SSSR count). The van der Waals surface area contributed by atoms with E-state index in [1.54, 1.807) is 0 Å². The lowest BCUT2D eigenvalue weighted by Crippen LogP contribution is -2.29. The minimum atomic E-state index is -0.567. The minimum Gasteiger partial charge on any atom is -0.488 e. The lowest BCUT2D eigenvalue weighted by Gasteiger charge is -2.29. The quantitative estimate of drug-likeness (QED) is 0.437. The van der Waals surface area contributed by atoms with Crippen LogP contribution in [-0.4, -0.2) is 18.9 Å². The van der Waals surface area contributed by atoms with Crippen molar-refractivity contribution in [2.24, 2.45) is 0 Å². The molecule has 0 amide bonds. The number of methoxy groups -OCH3 is 1. The van der Waals surface area contributed by atoms with Gasteiger partial charge in [0.2, 0.25) is 0 Å². The maximum absolute atomic E-state index is 13.5. The van der Waals surface area contributed by atoms with E-state index in [9.17, 15) is 9.59 Å². The molecular formula is C28H22BrNO4. The van der Waals surface area contributed by atoms with E-state index in [0.29, 0.717) is 34.8 Å². The normalized spacial score (nSPS) is 16.7. The molecule has 0 saturated heterocycles. The average Bonchev–Trinajstić information content (AvgIpc) is 3.14. The van der Waals surface area contributed by atoms with Crippen molar-refractivity contribution in [1.29, 1.82) is 0 Å². The summed E-state index contributed by atoms with van der Waals surface area (Å²) >= 11 is 3.62. The number of Topliss-reactive ketones (excluding diaryl/α,β-unsaturated/α-hetero) is 1. The van der Waals surface area contributed by atoms with Gasteiger partial charge in [-0.05, 0) is 46.1 Å². The largest absolute Gasteiger partial charge is 0.488 e. The molecule has 170 valence electrons. The first-order valence-electron chi connectivity index (χ1n) is 10.9. The van der Waals surface area contributed by atoms with Crippen LogP contribution < -0.4 is 10.1 Å². The molecule has 1 aliphatic carbocycles. The van der Waals surface area contributed by atoms with Gasteiger partial charge in [-0.15, -0.1) is 0 Å². The fraction of sp³-hybridized carbons (Fsp3) is 0.143. The summed E-state index contributed by atoms with van der Waals surface area (Å²) in [6.07, 6.45) is 0. The van der Waals surface area contributed by atoms with Crippen molar-refractivity contribution in [3.63, 3.8) is 0 Å². The lowest BCUT2D eigenvalue weighted by molar-refractivity contribution is -0.136. The van der Waals surface area contributed by atoms with Crippen molar-refractivity contribution in [1.82, 2.24) is 5.32 Å². The molecule has 1 heterocycles. The highest BCUT2D eigenvalue weighted by Gasteiger charge is 2.42. The molecule has 0 saturated carbocycles. The zero-order valence-corrected chi connectivity index (χ0v) is 20.3. The maximum atomic E-state index is 13.5. The molecule has 6 heteroatoms. The molecular weight excluding hydrogens is 494 g/mol. The number of hydrogen-bond donors (Lipinski definition) is 1. The number of halogens is 1. The van der Waals surface area contributed by atoms with Crippen LogP contribution in [0.1, 0.15) is 39.9 Å². The summed E-state index contributed by atoms with van der Waals surface area (Å²) in [5.41, 5.74) is 5.73. The molecule has 3 aromatic rings. The third-order valence-electron chi connectivity index (χ3n) is 6.18. The van der Waals surface area contributed by atoms with Crippen molar-refractivity contribution in [2.45, 2.75) is 19.4 Å². The Balaban J connectivity index is 1.55. The van der Waals surface area contributed by atoms with Gasteiger partial charge in [0, 0.05) is 28.3 Å². The predicted molar refractivity (Wildman–Crippen MR) is 133 cm³/mol. The van der Waals surface area contributed by atoms with Gasteiger partial charge >= 0.3 is 5.97 Å². The number of allylic oxidation sites excluding steroid dienone is 2. The number of nitrogens with one attached hydrogen (secondary N) is 1. The Labute approximate surface area is 206 Å². The summed E-state index contributed by atoms with van der Waals surface area (Å²) < 4.78 is 11.8. The summed E-state index contributed by atoms with van der Waals surface area (Å²) in [6, 6.07) is 23.1. The van der Waals surface area contributed by atoms with Gasteiger partial charge in [-0.3, -0.25) is 4.79 Å². The number of benzene rings is 3. The average molecular weight is 516 g/mol. The molecule has 1 aliphatic heterocycles. The van der Waals surface area contributed by atoms with Crippen molar-refractivity contribution >= 4 is 33.4 Å². The number of ether oxygens (including phenoxy) is 2. The van der Waals surface area contributed by atoms with Crippen LogP contribution in [0.15, 0.2) is 94.1 Å². The first-order chi connectivity index (χ1) is 16.5. The molecule has 5 nitrogen and oxygen atoms in total. The number of hydrogen-bond acceptors (Lipinski definition) is 5. The van der Waals surface area contributed by atoms with E-state index >= 15 is 0 Å². The highest BCUT2D eigenvalue weighted by Crippen LogP contribution is 2.47. The Bertz CT molecular complexity index is 1370. The summed E-state index contributed by atoms with van der Waals surface area (Å²) in [5, 5.41) is 3.30. The Hall–Kier alpha value is -3.64. The van der Waals surface area contributed by atoms with Gasteiger partial charge in [0.15, 0.2) is 5.78 Å². The summed E-state index contributed by atoms with van der Waals surface area (Å²) in [4.78, 5) is 26.3. The topological polar surface area (TPSA) is 64.6 Å². The van der Waals surface area contributed by atoms with Crippen molar-refractivity contribution in [2.75, 3.05) is 7.11 Å². The Morgan fingerprint density at radius 3 is 2.41 bits per heavy atom. The number of fused-ring (bicyclic) bond motifs is 2. The fourth-order valence-corrected chi connectivity index (χ4v) is 5.10. The molecule has 1 N–H and O–H groups in total. The van der Waals surface area contributed by atoms with Gasteiger partial charge in [0.25, 0.3) is 0 Å². The number of rotatable bonds is 5. The van der Waals surface area contributed by atoms with Crippen LogP contribution in [0.5, 0.6) is 5.75 Å². The second kappa shape index (κ2) is 8.95. The first kappa shape index (κ1) is 22.2.